The molecule has 2 aliphatic rings. The molecule has 2 saturated heterocycles. The molecule has 2 aliphatic heterocycles. The van der Waals surface area contributed by atoms with E-state index in [1.54, 1.807) is 24.4 Å². The third kappa shape index (κ3) is 5.24. The van der Waals surface area contributed by atoms with Crippen LogP contribution in [0, 0.1) is 0 Å². The van der Waals surface area contributed by atoms with Crippen molar-refractivity contribution in [2.45, 2.75) is 75.1 Å². The van der Waals surface area contributed by atoms with Gasteiger partial charge in [-0.1, -0.05) is 0 Å². The van der Waals surface area contributed by atoms with E-state index in [2.05, 4.69) is 0 Å². The molecule has 178 valence electrons. The molecule has 0 spiro atoms. The van der Waals surface area contributed by atoms with Crippen LogP contribution in [0.15, 0.2) is 52.3 Å². The van der Waals surface area contributed by atoms with Crippen LogP contribution in [0.3, 0.4) is 0 Å². The fourth-order valence-corrected chi connectivity index (χ4v) is 5.26. The molecule has 2 bridgehead atoms. The SMILES string of the molecule is CC(C)(C)OC(=O)N1C2CCC1CC(Oc1ccn(-c3ccc(S(C)(=O)=O)cc3)c(=O)c1)C2. The Balaban J connectivity index is 1.43. The minimum Gasteiger partial charge on any atom is -0.490 e. The van der Waals surface area contributed by atoms with Crippen molar-refractivity contribution < 1.29 is 22.7 Å². The van der Waals surface area contributed by atoms with Gasteiger partial charge in [0.15, 0.2) is 9.84 Å². The van der Waals surface area contributed by atoms with Crippen LogP contribution in [0.2, 0.25) is 0 Å². The predicted molar refractivity (Wildman–Crippen MR) is 124 cm³/mol. The van der Waals surface area contributed by atoms with Crippen LogP contribution in [0.5, 0.6) is 5.75 Å². The van der Waals surface area contributed by atoms with E-state index in [1.807, 2.05) is 25.7 Å². The van der Waals surface area contributed by atoms with E-state index in [9.17, 15) is 18.0 Å². The van der Waals surface area contributed by atoms with Gasteiger partial charge in [0.2, 0.25) is 0 Å². The number of nitrogens with zero attached hydrogens (tertiary/aromatic N) is 2. The fourth-order valence-electron chi connectivity index (χ4n) is 4.63. The number of benzene rings is 1. The highest BCUT2D eigenvalue weighted by Gasteiger charge is 2.45. The van der Waals surface area contributed by atoms with Gasteiger partial charge >= 0.3 is 6.09 Å². The summed E-state index contributed by atoms with van der Waals surface area (Å²) in [5.74, 6) is 0.485. The van der Waals surface area contributed by atoms with Gasteiger partial charge < -0.3 is 14.4 Å². The molecule has 2 unspecified atom stereocenters. The van der Waals surface area contributed by atoms with Crippen molar-refractivity contribution in [2.24, 2.45) is 0 Å². The summed E-state index contributed by atoms with van der Waals surface area (Å²) in [6.07, 6.45) is 5.67. The second-order valence-corrected chi connectivity index (χ2v) is 11.8. The Hall–Kier alpha value is -2.81. The van der Waals surface area contributed by atoms with Gasteiger partial charge in [-0.05, 0) is 63.9 Å². The Kier molecular flexibility index (Phi) is 6.03. The number of pyridine rings is 1. The average Bonchev–Trinajstić information content (AvgIpc) is 2.97. The van der Waals surface area contributed by atoms with E-state index in [0.717, 1.165) is 19.1 Å². The number of hydrogen-bond donors (Lipinski definition) is 0. The topological polar surface area (TPSA) is 94.9 Å². The highest BCUT2D eigenvalue weighted by atomic mass is 32.2. The Morgan fingerprint density at radius 2 is 1.64 bits per heavy atom. The van der Waals surface area contributed by atoms with Crippen molar-refractivity contribution in [3.63, 3.8) is 0 Å². The van der Waals surface area contributed by atoms with Crippen LogP contribution in [-0.2, 0) is 14.6 Å². The van der Waals surface area contributed by atoms with Gasteiger partial charge in [-0.3, -0.25) is 9.36 Å². The van der Waals surface area contributed by atoms with Crippen LogP contribution >= 0.6 is 0 Å². The lowest BCUT2D eigenvalue weighted by atomic mass is 10.00. The highest BCUT2D eigenvalue weighted by Crippen LogP contribution is 2.38. The second-order valence-electron chi connectivity index (χ2n) is 9.82. The molecule has 2 atom stereocenters. The van der Waals surface area contributed by atoms with Gasteiger partial charge in [0, 0.05) is 49.1 Å². The Bertz CT molecular complexity index is 1180. The molecule has 1 aromatic carbocycles. The standard InChI is InChI=1S/C24H30N2O6S/c1-24(2,3)32-23(28)26-17-5-6-18(26)14-20(13-17)31-19-11-12-25(22(27)15-19)16-7-9-21(10-8-16)33(4,29)30/h7-12,15,17-18,20H,5-6,13-14H2,1-4H3. The maximum absolute atomic E-state index is 12.7. The number of ether oxygens (including phenoxy) is 2. The van der Waals surface area contributed by atoms with Gasteiger partial charge in [0.25, 0.3) is 5.56 Å². The number of carbonyl (C=O) groups excluding carboxylic acids is 1. The van der Waals surface area contributed by atoms with Crippen LogP contribution in [-0.4, -0.2) is 54.0 Å². The molecule has 3 heterocycles. The van der Waals surface area contributed by atoms with Crippen LogP contribution < -0.4 is 10.3 Å². The van der Waals surface area contributed by atoms with E-state index >= 15 is 0 Å². The minimum atomic E-state index is -3.30. The number of aromatic nitrogens is 1. The third-order valence-corrected chi connectivity index (χ3v) is 7.16. The van der Waals surface area contributed by atoms with Crippen molar-refractivity contribution in [3.05, 3.63) is 52.9 Å². The van der Waals surface area contributed by atoms with Gasteiger partial charge in [-0.15, -0.1) is 0 Å². The lowest BCUT2D eigenvalue weighted by molar-refractivity contribution is -0.00709. The number of piperidine rings is 1. The zero-order valence-corrected chi connectivity index (χ0v) is 20.2. The number of hydrogen-bond acceptors (Lipinski definition) is 6. The molecular formula is C24H30N2O6S. The summed E-state index contributed by atoms with van der Waals surface area (Å²) in [4.78, 5) is 27.4. The summed E-state index contributed by atoms with van der Waals surface area (Å²) >= 11 is 0. The van der Waals surface area contributed by atoms with Crippen LogP contribution in [0.4, 0.5) is 4.79 Å². The molecule has 9 heteroatoms. The van der Waals surface area contributed by atoms with Crippen molar-refractivity contribution in [1.82, 2.24) is 9.47 Å². The molecule has 8 nitrogen and oxygen atoms in total. The predicted octanol–water partition coefficient (Wildman–Crippen LogP) is 3.55. The molecule has 4 rings (SSSR count). The smallest absolute Gasteiger partial charge is 0.410 e. The van der Waals surface area contributed by atoms with Crippen molar-refractivity contribution in [3.8, 4) is 11.4 Å². The first-order chi connectivity index (χ1) is 15.4. The minimum absolute atomic E-state index is 0.0783. The van der Waals surface area contributed by atoms with Crippen molar-refractivity contribution in [2.75, 3.05) is 6.26 Å². The summed E-state index contributed by atoms with van der Waals surface area (Å²) in [6, 6.07) is 9.49. The molecule has 0 radical (unpaired) electrons. The zero-order chi connectivity index (χ0) is 24.0. The van der Waals surface area contributed by atoms with Gasteiger partial charge in [-0.25, -0.2) is 13.2 Å². The first-order valence-corrected chi connectivity index (χ1v) is 13.0. The lowest BCUT2D eigenvalue weighted by Crippen LogP contribution is -2.50. The molecule has 1 aromatic heterocycles. The summed E-state index contributed by atoms with van der Waals surface area (Å²) in [5.41, 5.74) is -0.227. The lowest BCUT2D eigenvalue weighted by Gasteiger charge is -2.39. The molecule has 0 aliphatic carbocycles. The summed E-state index contributed by atoms with van der Waals surface area (Å²) in [6.45, 7) is 5.60. The van der Waals surface area contributed by atoms with E-state index in [4.69, 9.17) is 9.47 Å². The summed E-state index contributed by atoms with van der Waals surface area (Å²) in [7, 11) is -3.30. The normalized spacial score (nSPS) is 22.8. The molecule has 2 fully saturated rings. The number of amides is 1. The Morgan fingerprint density at radius 1 is 1.03 bits per heavy atom. The number of carbonyl (C=O) groups is 1. The van der Waals surface area contributed by atoms with Crippen LogP contribution in [0.25, 0.3) is 5.69 Å². The van der Waals surface area contributed by atoms with E-state index in [0.29, 0.717) is 24.3 Å². The monoisotopic (exact) mass is 474 g/mol. The zero-order valence-electron chi connectivity index (χ0n) is 19.4. The molecule has 0 N–H and O–H groups in total. The molecule has 0 saturated carbocycles. The highest BCUT2D eigenvalue weighted by molar-refractivity contribution is 7.90. The first-order valence-electron chi connectivity index (χ1n) is 11.1. The fraction of sp³-hybridized carbons (Fsp3) is 0.500. The summed E-state index contributed by atoms with van der Waals surface area (Å²) < 4.78 is 36.4. The number of fused-ring (bicyclic) bond motifs is 2. The van der Waals surface area contributed by atoms with E-state index < -0.39 is 15.4 Å². The van der Waals surface area contributed by atoms with Crippen LogP contribution in [0.1, 0.15) is 46.5 Å². The van der Waals surface area contributed by atoms with Gasteiger partial charge in [0.1, 0.15) is 17.5 Å². The maximum Gasteiger partial charge on any atom is 0.410 e. The largest absolute Gasteiger partial charge is 0.490 e. The summed E-state index contributed by atoms with van der Waals surface area (Å²) in [5, 5.41) is 0. The Morgan fingerprint density at radius 3 is 2.15 bits per heavy atom. The van der Waals surface area contributed by atoms with Gasteiger partial charge in [-0.2, -0.15) is 0 Å². The molecule has 33 heavy (non-hydrogen) atoms. The first kappa shape index (κ1) is 23.4. The maximum atomic E-state index is 12.7. The average molecular weight is 475 g/mol. The molecule has 2 aromatic rings. The van der Waals surface area contributed by atoms with E-state index in [1.165, 1.54) is 22.8 Å². The number of rotatable bonds is 4. The Labute approximate surface area is 194 Å². The molecular weight excluding hydrogens is 444 g/mol. The third-order valence-electron chi connectivity index (χ3n) is 6.03. The quantitative estimate of drug-likeness (QED) is 0.673. The molecule has 1 amide bonds. The second kappa shape index (κ2) is 8.52. The van der Waals surface area contributed by atoms with Crippen molar-refractivity contribution >= 4 is 15.9 Å². The van der Waals surface area contributed by atoms with E-state index in [-0.39, 0.29) is 34.7 Å². The number of sulfone groups is 1. The van der Waals surface area contributed by atoms with Crippen molar-refractivity contribution in [1.29, 1.82) is 0 Å². The van der Waals surface area contributed by atoms with Gasteiger partial charge in [0.05, 0.1) is 4.90 Å².